The standard InChI is InChI=1S/C20H16N2OS2/c23-19-18(25-20(24)22(19)17-12-6-2-7-13-17)14-8-3-9-15-21-16-10-4-1-5-11-16/h1-15,21H/b8-3+,15-9+,18-14+. The quantitative estimate of drug-likeness (QED) is 0.453. The smallest absolute Gasteiger partial charge is 0.270 e. The maximum absolute atomic E-state index is 12.5. The second-order valence-corrected chi connectivity index (χ2v) is 6.81. The van der Waals surface area contributed by atoms with Crippen molar-refractivity contribution in [1.29, 1.82) is 0 Å². The molecule has 5 heteroatoms. The van der Waals surface area contributed by atoms with E-state index in [4.69, 9.17) is 12.2 Å². The van der Waals surface area contributed by atoms with Crippen molar-refractivity contribution in [2.24, 2.45) is 0 Å². The second-order valence-electron chi connectivity index (χ2n) is 5.13. The molecule has 0 radical (unpaired) electrons. The molecular formula is C20H16N2OS2. The number of rotatable bonds is 5. The van der Waals surface area contributed by atoms with Gasteiger partial charge in [-0.1, -0.05) is 72.5 Å². The van der Waals surface area contributed by atoms with E-state index in [-0.39, 0.29) is 5.91 Å². The summed E-state index contributed by atoms with van der Waals surface area (Å²) in [6.45, 7) is 0. The molecule has 0 aromatic heterocycles. The number of anilines is 2. The number of nitrogens with one attached hydrogen (secondary N) is 1. The zero-order valence-electron chi connectivity index (χ0n) is 13.3. The molecule has 0 aliphatic carbocycles. The van der Waals surface area contributed by atoms with Gasteiger partial charge in [-0.25, -0.2) is 0 Å². The van der Waals surface area contributed by atoms with Crippen molar-refractivity contribution < 1.29 is 4.79 Å². The number of nitrogens with zero attached hydrogens (tertiary/aromatic N) is 1. The lowest BCUT2D eigenvalue weighted by Gasteiger charge is -2.13. The maximum atomic E-state index is 12.5. The Hall–Kier alpha value is -2.63. The zero-order chi connectivity index (χ0) is 17.5. The number of carbonyl (C=O) groups is 1. The lowest BCUT2D eigenvalue weighted by Crippen LogP contribution is -2.27. The summed E-state index contributed by atoms with van der Waals surface area (Å²) in [5.41, 5.74) is 1.82. The molecule has 1 aliphatic rings. The summed E-state index contributed by atoms with van der Waals surface area (Å²) in [6.07, 6.45) is 9.21. The molecule has 0 atom stereocenters. The summed E-state index contributed by atoms with van der Waals surface area (Å²) in [5.74, 6) is -0.0859. The fourth-order valence-electron chi connectivity index (χ4n) is 2.22. The van der Waals surface area contributed by atoms with E-state index in [2.05, 4.69) is 5.32 Å². The van der Waals surface area contributed by atoms with Crippen LogP contribution in [0.5, 0.6) is 0 Å². The van der Waals surface area contributed by atoms with E-state index in [0.717, 1.165) is 11.4 Å². The molecular weight excluding hydrogens is 348 g/mol. The van der Waals surface area contributed by atoms with Crippen LogP contribution in [0.15, 0.2) is 96.1 Å². The third-order valence-electron chi connectivity index (χ3n) is 3.40. The van der Waals surface area contributed by atoms with Crippen molar-refractivity contribution >= 4 is 45.6 Å². The third kappa shape index (κ3) is 4.47. The first-order valence-electron chi connectivity index (χ1n) is 7.72. The molecule has 1 aliphatic heterocycles. The Balaban J connectivity index is 1.60. The van der Waals surface area contributed by atoms with Crippen LogP contribution < -0.4 is 10.2 Å². The molecule has 25 heavy (non-hydrogen) atoms. The summed E-state index contributed by atoms with van der Waals surface area (Å²) in [6, 6.07) is 19.3. The molecule has 0 saturated carbocycles. The highest BCUT2D eigenvalue weighted by molar-refractivity contribution is 8.27. The minimum atomic E-state index is -0.0859. The molecule has 0 unspecified atom stereocenters. The van der Waals surface area contributed by atoms with Crippen LogP contribution in [0.3, 0.4) is 0 Å². The van der Waals surface area contributed by atoms with E-state index in [9.17, 15) is 4.79 Å². The minimum Gasteiger partial charge on any atom is -0.362 e. The molecule has 3 nitrogen and oxygen atoms in total. The summed E-state index contributed by atoms with van der Waals surface area (Å²) in [4.78, 5) is 14.7. The molecule has 2 aromatic rings. The zero-order valence-corrected chi connectivity index (χ0v) is 15.0. The third-order valence-corrected chi connectivity index (χ3v) is 4.72. The predicted molar refractivity (Wildman–Crippen MR) is 111 cm³/mol. The number of hydrogen-bond acceptors (Lipinski definition) is 4. The topological polar surface area (TPSA) is 32.3 Å². The average molecular weight is 364 g/mol. The highest BCUT2D eigenvalue weighted by Gasteiger charge is 2.32. The van der Waals surface area contributed by atoms with Gasteiger partial charge >= 0.3 is 0 Å². The van der Waals surface area contributed by atoms with Gasteiger partial charge in [0, 0.05) is 11.9 Å². The largest absolute Gasteiger partial charge is 0.362 e. The predicted octanol–water partition coefficient (Wildman–Crippen LogP) is 5.12. The van der Waals surface area contributed by atoms with Gasteiger partial charge < -0.3 is 5.32 Å². The Morgan fingerprint density at radius 2 is 1.60 bits per heavy atom. The number of hydrogen-bond donors (Lipinski definition) is 1. The Bertz CT molecular complexity index is 843. The van der Waals surface area contributed by atoms with Crippen molar-refractivity contribution in [2.75, 3.05) is 10.2 Å². The SMILES string of the molecule is O=C1\C(=C/C=C/C=C/Nc2ccccc2)SC(=S)N1c1ccccc1. The number of amides is 1. The van der Waals surface area contributed by atoms with Gasteiger partial charge in [-0.15, -0.1) is 0 Å². The van der Waals surface area contributed by atoms with E-state index < -0.39 is 0 Å². The van der Waals surface area contributed by atoms with Crippen molar-refractivity contribution in [2.45, 2.75) is 0 Å². The van der Waals surface area contributed by atoms with E-state index in [1.807, 2.05) is 85.1 Å². The first-order chi connectivity index (χ1) is 12.3. The Morgan fingerprint density at radius 3 is 2.32 bits per heavy atom. The van der Waals surface area contributed by atoms with Crippen LogP contribution >= 0.6 is 24.0 Å². The van der Waals surface area contributed by atoms with Crippen LogP contribution in [-0.2, 0) is 4.79 Å². The van der Waals surface area contributed by atoms with Gasteiger partial charge in [0.15, 0.2) is 4.32 Å². The Labute approximate surface area is 156 Å². The molecule has 3 rings (SSSR count). The number of thioether (sulfide) groups is 1. The van der Waals surface area contributed by atoms with Crippen LogP contribution in [-0.4, -0.2) is 10.2 Å². The van der Waals surface area contributed by atoms with Crippen LogP contribution in [0, 0.1) is 0 Å². The van der Waals surface area contributed by atoms with Gasteiger partial charge in [0.1, 0.15) is 0 Å². The van der Waals surface area contributed by atoms with Gasteiger partial charge in [-0.2, -0.15) is 0 Å². The fraction of sp³-hybridized carbons (Fsp3) is 0. The van der Waals surface area contributed by atoms with Gasteiger partial charge in [-0.3, -0.25) is 9.69 Å². The molecule has 124 valence electrons. The molecule has 0 spiro atoms. The van der Waals surface area contributed by atoms with Crippen LogP contribution in [0.25, 0.3) is 0 Å². The van der Waals surface area contributed by atoms with Crippen LogP contribution in [0.2, 0.25) is 0 Å². The summed E-state index contributed by atoms with van der Waals surface area (Å²) < 4.78 is 0.553. The number of allylic oxidation sites excluding steroid dienone is 4. The van der Waals surface area contributed by atoms with Gasteiger partial charge in [-0.05, 0) is 36.4 Å². The lowest BCUT2D eigenvalue weighted by molar-refractivity contribution is -0.113. The Kier molecular flexibility index (Phi) is 5.82. The van der Waals surface area contributed by atoms with E-state index in [0.29, 0.717) is 9.23 Å². The number of thiocarbonyl (C=S) groups is 1. The molecule has 1 fully saturated rings. The average Bonchev–Trinajstić information content (AvgIpc) is 2.93. The van der Waals surface area contributed by atoms with Crippen molar-refractivity contribution in [3.63, 3.8) is 0 Å². The lowest BCUT2D eigenvalue weighted by atomic mass is 10.3. The van der Waals surface area contributed by atoms with Crippen molar-refractivity contribution in [3.8, 4) is 0 Å². The second kappa shape index (κ2) is 8.46. The van der Waals surface area contributed by atoms with Gasteiger partial charge in [0.2, 0.25) is 0 Å². The van der Waals surface area contributed by atoms with Gasteiger partial charge in [0.05, 0.1) is 10.6 Å². The number of benzene rings is 2. The molecule has 1 N–H and O–H groups in total. The fourth-order valence-corrected chi connectivity index (χ4v) is 3.47. The summed E-state index contributed by atoms with van der Waals surface area (Å²) >= 11 is 6.65. The molecule has 1 amide bonds. The minimum absolute atomic E-state index is 0.0859. The normalized spacial score (nSPS) is 16.5. The van der Waals surface area contributed by atoms with Crippen molar-refractivity contribution in [3.05, 3.63) is 96.1 Å². The van der Waals surface area contributed by atoms with Crippen LogP contribution in [0.4, 0.5) is 11.4 Å². The van der Waals surface area contributed by atoms with E-state index in [1.165, 1.54) is 11.8 Å². The molecule has 0 bridgehead atoms. The first-order valence-corrected chi connectivity index (χ1v) is 8.94. The van der Waals surface area contributed by atoms with Crippen LogP contribution in [0.1, 0.15) is 0 Å². The highest BCUT2D eigenvalue weighted by atomic mass is 32.2. The first kappa shape index (κ1) is 17.2. The van der Waals surface area contributed by atoms with Gasteiger partial charge in [0.25, 0.3) is 5.91 Å². The number of para-hydroxylation sites is 2. The number of carbonyl (C=O) groups excluding carboxylic acids is 1. The molecule has 1 saturated heterocycles. The Morgan fingerprint density at radius 1 is 0.920 bits per heavy atom. The molecule has 1 heterocycles. The monoisotopic (exact) mass is 364 g/mol. The maximum Gasteiger partial charge on any atom is 0.270 e. The highest BCUT2D eigenvalue weighted by Crippen LogP contribution is 2.34. The van der Waals surface area contributed by atoms with E-state index >= 15 is 0 Å². The van der Waals surface area contributed by atoms with E-state index in [1.54, 1.807) is 11.0 Å². The summed E-state index contributed by atoms with van der Waals surface area (Å²) in [7, 11) is 0. The molecule has 2 aromatic carbocycles. The summed E-state index contributed by atoms with van der Waals surface area (Å²) in [5, 5.41) is 3.16. The van der Waals surface area contributed by atoms with Crippen molar-refractivity contribution in [1.82, 2.24) is 0 Å².